The molecule has 0 atom stereocenters. The molecule has 0 unspecified atom stereocenters. The number of benzene rings is 1. The lowest BCUT2D eigenvalue weighted by Crippen LogP contribution is -2.21. The van der Waals surface area contributed by atoms with Crippen molar-refractivity contribution >= 4 is 23.1 Å². The van der Waals surface area contributed by atoms with Crippen LogP contribution in [0.15, 0.2) is 30.3 Å². The van der Waals surface area contributed by atoms with E-state index in [-0.39, 0.29) is 0 Å². The molecule has 3 rings (SSSR count). The Balaban J connectivity index is 2.19. The van der Waals surface area contributed by atoms with Gasteiger partial charge in [0.05, 0.1) is 18.2 Å². The molecular weight excluding hydrogens is 322 g/mol. The number of aromatic nitrogens is 3. The van der Waals surface area contributed by atoms with Gasteiger partial charge in [0.1, 0.15) is 5.82 Å². The standard InChI is InChI=1S/C18H18ClN5/c1-12-11-16(23(3)10-4-9-20)24-18(21-12)17(13(2)22-24)14-5-7-15(19)8-6-14/h5-8,11H,4,10H2,1-3H3. The summed E-state index contributed by atoms with van der Waals surface area (Å²) in [5, 5.41) is 14.2. The van der Waals surface area contributed by atoms with Gasteiger partial charge in [-0.25, -0.2) is 4.98 Å². The maximum atomic E-state index is 8.83. The molecule has 0 fully saturated rings. The minimum absolute atomic E-state index is 0.462. The molecule has 0 amide bonds. The van der Waals surface area contributed by atoms with Crippen LogP contribution in [0.3, 0.4) is 0 Å². The Hall–Kier alpha value is -2.58. The Morgan fingerprint density at radius 1 is 1.25 bits per heavy atom. The topological polar surface area (TPSA) is 57.2 Å². The van der Waals surface area contributed by atoms with Crippen LogP contribution in [0.2, 0.25) is 5.02 Å². The number of aryl methyl sites for hydroxylation is 2. The van der Waals surface area contributed by atoms with Crippen LogP contribution in [0.4, 0.5) is 5.82 Å². The van der Waals surface area contributed by atoms with Crippen molar-refractivity contribution in [3.8, 4) is 17.2 Å². The maximum absolute atomic E-state index is 8.83. The van der Waals surface area contributed by atoms with E-state index in [1.807, 2.05) is 60.6 Å². The molecule has 0 aliphatic heterocycles. The molecule has 1 aromatic carbocycles. The van der Waals surface area contributed by atoms with Gasteiger partial charge in [0, 0.05) is 35.9 Å². The highest BCUT2D eigenvalue weighted by atomic mass is 35.5. The van der Waals surface area contributed by atoms with Crippen molar-refractivity contribution in [2.75, 3.05) is 18.5 Å². The lowest BCUT2D eigenvalue weighted by atomic mass is 10.1. The van der Waals surface area contributed by atoms with Gasteiger partial charge < -0.3 is 4.90 Å². The first-order chi connectivity index (χ1) is 11.5. The van der Waals surface area contributed by atoms with Gasteiger partial charge in [-0.3, -0.25) is 0 Å². The number of nitrogens with zero attached hydrogens (tertiary/aromatic N) is 5. The Labute approximate surface area is 146 Å². The van der Waals surface area contributed by atoms with Crippen LogP contribution >= 0.6 is 11.6 Å². The molecule has 5 nitrogen and oxygen atoms in total. The molecule has 6 heteroatoms. The summed E-state index contributed by atoms with van der Waals surface area (Å²) in [4.78, 5) is 6.73. The largest absolute Gasteiger partial charge is 0.358 e. The molecule has 0 radical (unpaired) electrons. The fourth-order valence-corrected chi connectivity index (χ4v) is 2.91. The van der Waals surface area contributed by atoms with Crippen LogP contribution in [0.5, 0.6) is 0 Å². The normalized spacial score (nSPS) is 10.8. The number of hydrogen-bond donors (Lipinski definition) is 0. The smallest absolute Gasteiger partial charge is 0.165 e. The molecule has 0 aliphatic rings. The van der Waals surface area contributed by atoms with E-state index in [1.165, 1.54) is 0 Å². The van der Waals surface area contributed by atoms with E-state index >= 15 is 0 Å². The number of hydrogen-bond acceptors (Lipinski definition) is 4. The molecule has 0 N–H and O–H groups in total. The third-order valence-electron chi connectivity index (χ3n) is 3.96. The summed E-state index contributed by atoms with van der Waals surface area (Å²) in [5.41, 5.74) is 4.68. The molecule has 0 saturated carbocycles. The van der Waals surface area contributed by atoms with Crippen LogP contribution in [-0.4, -0.2) is 28.2 Å². The second kappa shape index (κ2) is 6.50. The number of rotatable bonds is 4. The van der Waals surface area contributed by atoms with Gasteiger partial charge in [0.15, 0.2) is 5.65 Å². The lowest BCUT2D eigenvalue weighted by molar-refractivity contribution is 0.819. The average Bonchev–Trinajstić information content (AvgIpc) is 2.88. The zero-order valence-corrected chi connectivity index (χ0v) is 14.7. The molecule has 0 spiro atoms. The van der Waals surface area contributed by atoms with Gasteiger partial charge in [-0.05, 0) is 31.5 Å². The van der Waals surface area contributed by atoms with E-state index in [4.69, 9.17) is 21.8 Å². The quantitative estimate of drug-likeness (QED) is 0.720. The molecule has 3 aromatic rings. The fourth-order valence-electron chi connectivity index (χ4n) is 2.78. The van der Waals surface area contributed by atoms with Gasteiger partial charge in [0.25, 0.3) is 0 Å². The van der Waals surface area contributed by atoms with Crippen LogP contribution in [0.25, 0.3) is 16.8 Å². The first-order valence-electron chi connectivity index (χ1n) is 7.72. The van der Waals surface area contributed by atoms with Gasteiger partial charge in [-0.15, -0.1) is 0 Å². The minimum atomic E-state index is 0.462. The van der Waals surface area contributed by atoms with Crippen molar-refractivity contribution in [2.45, 2.75) is 20.3 Å². The van der Waals surface area contributed by atoms with Crippen molar-refractivity contribution in [1.29, 1.82) is 5.26 Å². The van der Waals surface area contributed by atoms with E-state index in [1.54, 1.807) is 0 Å². The van der Waals surface area contributed by atoms with Crippen molar-refractivity contribution in [1.82, 2.24) is 14.6 Å². The summed E-state index contributed by atoms with van der Waals surface area (Å²) in [6.45, 7) is 4.59. The zero-order chi connectivity index (χ0) is 17.3. The van der Waals surface area contributed by atoms with Crippen molar-refractivity contribution in [2.24, 2.45) is 0 Å². The number of anilines is 1. The van der Waals surface area contributed by atoms with E-state index in [0.717, 1.165) is 34.0 Å². The number of fused-ring (bicyclic) bond motifs is 1. The average molecular weight is 340 g/mol. The SMILES string of the molecule is Cc1cc(N(C)CCC#N)n2nc(C)c(-c3ccc(Cl)cc3)c2n1. The molecule has 0 saturated heterocycles. The summed E-state index contributed by atoms with van der Waals surface area (Å²) in [6.07, 6.45) is 0.462. The van der Waals surface area contributed by atoms with Crippen LogP contribution in [0, 0.1) is 25.2 Å². The molecule has 2 heterocycles. The molecule has 24 heavy (non-hydrogen) atoms. The van der Waals surface area contributed by atoms with Gasteiger partial charge in [-0.2, -0.15) is 14.9 Å². The van der Waals surface area contributed by atoms with E-state index < -0.39 is 0 Å². The first kappa shape index (κ1) is 16.3. The fraction of sp³-hybridized carbons (Fsp3) is 0.278. The first-order valence-corrected chi connectivity index (χ1v) is 8.10. The Kier molecular flexibility index (Phi) is 4.41. The molecular formula is C18H18ClN5. The van der Waals surface area contributed by atoms with Crippen molar-refractivity contribution < 1.29 is 0 Å². The zero-order valence-electron chi connectivity index (χ0n) is 13.9. The molecule has 122 valence electrons. The predicted molar refractivity (Wildman–Crippen MR) is 96.4 cm³/mol. The van der Waals surface area contributed by atoms with Gasteiger partial charge >= 0.3 is 0 Å². The molecule has 0 aliphatic carbocycles. The number of halogens is 1. The van der Waals surface area contributed by atoms with Gasteiger partial charge in [0.2, 0.25) is 0 Å². The van der Waals surface area contributed by atoms with E-state index in [2.05, 4.69) is 11.2 Å². The third-order valence-corrected chi connectivity index (χ3v) is 4.21. The minimum Gasteiger partial charge on any atom is -0.358 e. The second-order valence-electron chi connectivity index (χ2n) is 5.79. The summed E-state index contributed by atoms with van der Waals surface area (Å²) in [7, 11) is 1.96. The maximum Gasteiger partial charge on any atom is 0.165 e. The Bertz CT molecular complexity index is 921. The Morgan fingerprint density at radius 3 is 2.62 bits per heavy atom. The highest BCUT2D eigenvalue weighted by Crippen LogP contribution is 2.30. The summed E-state index contributed by atoms with van der Waals surface area (Å²) in [6, 6.07) is 11.9. The molecule has 0 bridgehead atoms. The highest BCUT2D eigenvalue weighted by molar-refractivity contribution is 6.30. The summed E-state index contributed by atoms with van der Waals surface area (Å²) < 4.78 is 1.85. The van der Waals surface area contributed by atoms with E-state index in [0.29, 0.717) is 18.0 Å². The summed E-state index contributed by atoms with van der Waals surface area (Å²) >= 11 is 6.00. The lowest BCUT2D eigenvalue weighted by Gasteiger charge is -2.19. The van der Waals surface area contributed by atoms with E-state index in [9.17, 15) is 0 Å². The number of nitriles is 1. The van der Waals surface area contributed by atoms with Crippen LogP contribution in [0.1, 0.15) is 17.8 Å². The third kappa shape index (κ3) is 2.93. The second-order valence-corrected chi connectivity index (χ2v) is 6.22. The Morgan fingerprint density at radius 2 is 1.96 bits per heavy atom. The summed E-state index contributed by atoms with van der Waals surface area (Å²) in [5.74, 6) is 0.927. The monoisotopic (exact) mass is 339 g/mol. The van der Waals surface area contributed by atoms with Crippen LogP contribution in [-0.2, 0) is 0 Å². The van der Waals surface area contributed by atoms with Gasteiger partial charge in [-0.1, -0.05) is 23.7 Å². The van der Waals surface area contributed by atoms with Crippen molar-refractivity contribution in [3.05, 3.63) is 46.7 Å². The highest BCUT2D eigenvalue weighted by Gasteiger charge is 2.17. The predicted octanol–water partition coefficient (Wildman–Crippen LogP) is 4.02. The van der Waals surface area contributed by atoms with Crippen molar-refractivity contribution in [3.63, 3.8) is 0 Å². The molecule has 2 aromatic heterocycles. The van der Waals surface area contributed by atoms with Crippen LogP contribution < -0.4 is 4.90 Å².